The summed E-state index contributed by atoms with van der Waals surface area (Å²) >= 11 is 3.49. The fraction of sp³-hybridized carbons (Fsp3) is 0.316. The standard InChI is InChI=1S/C18H16BrN3O2.CH2O2/c19-10-7-18(3-1-11(10)23)4-6-21-16-13(18)14-12-9(2-5-20-14)8-22-15(12)17(16)24;2-1-3/h1,3,7-8,11,21,23-24H,2,4-6H2;1H,(H,2,3)/t11?,18-;/m0./s1. The van der Waals surface area contributed by atoms with Gasteiger partial charge in [0.2, 0.25) is 0 Å². The van der Waals surface area contributed by atoms with Gasteiger partial charge in [-0.05, 0) is 18.4 Å². The van der Waals surface area contributed by atoms with Crippen molar-refractivity contribution >= 4 is 45.6 Å². The van der Waals surface area contributed by atoms with Crippen molar-refractivity contribution in [2.45, 2.75) is 24.4 Å². The number of nitrogens with one attached hydrogen (secondary N) is 1. The molecular weight excluding hydrogens is 414 g/mol. The molecule has 0 amide bonds. The maximum Gasteiger partial charge on any atom is 0.290 e. The van der Waals surface area contributed by atoms with E-state index in [-0.39, 0.29) is 17.6 Å². The van der Waals surface area contributed by atoms with Crippen LogP contribution in [0.25, 0.3) is 5.57 Å². The average molecular weight is 432 g/mol. The topological polar surface area (TPSA) is 115 Å². The Kier molecular flexibility index (Phi) is 4.39. The summed E-state index contributed by atoms with van der Waals surface area (Å²) in [5.74, 6) is 0.204. The summed E-state index contributed by atoms with van der Waals surface area (Å²) in [7, 11) is 0. The van der Waals surface area contributed by atoms with Crippen LogP contribution in [0.1, 0.15) is 18.4 Å². The molecule has 3 heterocycles. The summed E-state index contributed by atoms with van der Waals surface area (Å²) in [5, 5.41) is 33.0. The van der Waals surface area contributed by atoms with Crippen LogP contribution in [0.15, 0.2) is 32.7 Å². The Morgan fingerprint density at radius 1 is 1.41 bits per heavy atom. The van der Waals surface area contributed by atoms with Crippen molar-refractivity contribution in [2.24, 2.45) is 9.98 Å². The molecule has 0 bridgehead atoms. The molecule has 4 N–H and O–H groups in total. The normalized spacial score (nSPS) is 26.2. The Balaban J connectivity index is 0.000000565. The van der Waals surface area contributed by atoms with Crippen molar-refractivity contribution in [3.05, 3.63) is 38.8 Å². The van der Waals surface area contributed by atoms with Gasteiger partial charge in [-0.3, -0.25) is 14.8 Å². The van der Waals surface area contributed by atoms with Crippen LogP contribution < -0.4 is 15.9 Å². The van der Waals surface area contributed by atoms with E-state index in [2.05, 4.69) is 32.3 Å². The number of phenols is 1. The molecule has 3 aliphatic heterocycles. The summed E-state index contributed by atoms with van der Waals surface area (Å²) < 4.78 is 0.751. The van der Waals surface area contributed by atoms with E-state index < -0.39 is 6.10 Å². The number of aliphatic hydroxyl groups is 1. The number of hydrogen-bond acceptors (Lipinski definition) is 6. The van der Waals surface area contributed by atoms with Crippen LogP contribution in [-0.4, -0.2) is 47.2 Å². The van der Waals surface area contributed by atoms with E-state index in [1.807, 2.05) is 12.3 Å². The average Bonchev–Trinajstić information content (AvgIpc) is 3.09. The van der Waals surface area contributed by atoms with Gasteiger partial charge < -0.3 is 20.6 Å². The number of carbonyl (C=O) groups is 1. The van der Waals surface area contributed by atoms with E-state index in [0.29, 0.717) is 5.69 Å². The maximum atomic E-state index is 10.8. The van der Waals surface area contributed by atoms with Crippen molar-refractivity contribution in [2.75, 3.05) is 18.4 Å². The van der Waals surface area contributed by atoms with Crippen molar-refractivity contribution in [3.63, 3.8) is 0 Å². The Hall–Kier alpha value is -2.45. The zero-order valence-corrected chi connectivity index (χ0v) is 15.9. The van der Waals surface area contributed by atoms with Crippen molar-refractivity contribution in [1.29, 1.82) is 0 Å². The molecule has 0 saturated heterocycles. The highest BCUT2D eigenvalue weighted by atomic mass is 79.9. The fourth-order valence-corrected chi connectivity index (χ4v) is 4.73. The molecule has 4 aliphatic rings. The highest BCUT2D eigenvalue weighted by molar-refractivity contribution is 9.11. The number of hydrogen-bond donors (Lipinski definition) is 4. The Labute approximate surface area is 163 Å². The minimum absolute atomic E-state index is 0.204. The first kappa shape index (κ1) is 17.9. The lowest BCUT2D eigenvalue weighted by molar-refractivity contribution is -0.122. The van der Waals surface area contributed by atoms with Gasteiger partial charge in [0, 0.05) is 40.0 Å². The molecule has 0 aromatic heterocycles. The minimum atomic E-state index is -0.615. The van der Waals surface area contributed by atoms with E-state index in [4.69, 9.17) is 14.9 Å². The van der Waals surface area contributed by atoms with Crippen LogP contribution >= 0.6 is 15.9 Å². The molecule has 5 rings (SSSR count). The molecule has 0 fully saturated rings. The zero-order valence-electron chi connectivity index (χ0n) is 14.3. The lowest BCUT2D eigenvalue weighted by atomic mass is 9.71. The maximum absolute atomic E-state index is 10.8. The fourth-order valence-electron chi connectivity index (χ4n) is 4.17. The third-order valence-electron chi connectivity index (χ3n) is 5.30. The van der Waals surface area contributed by atoms with Gasteiger partial charge in [0.25, 0.3) is 6.47 Å². The minimum Gasteiger partial charge on any atom is -0.504 e. The number of benzene rings is 1. The predicted octanol–water partition coefficient (Wildman–Crippen LogP) is 1.25. The Bertz CT molecular complexity index is 1040. The molecular formula is C19H18BrN3O4. The molecule has 1 aliphatic carbocycles. The van der Waals surface area contributed by atoms with Crippen LogP contribution in [0.3, 0.4) is 0 Å². The summed E-state index contributed by atoms with van der Waals surface area (Å²) in [6.45, 7) is 1.22. The molecule has 1 aromatic carbocycles. The number of aliphatic hydroxyl groups excluding tert-OH is 1. The third-order valence-corrected chi connectivity index (χ3v) is 6.00. The number of nitrogens with zero attached hydrogens (tertiary/aromatic N) is 2. The van der Waals surface area contributed by atoms with Crippen LogP contribution in [0.2, 0.25) is 0 Å². The zero-order chi connectivity index (χ0) is 19.2. The second kappa shape index (κ2) is 6.61. The van der Waals surface area contributed by atoms with Crippen molar-refractivity contribution < 1.29 is 20.1 Å². The second-order valence-corrected chi connectivity index (χ2v) is 7.66. The molecule has 27 heavy (non-hydrogen) atoms. The monoisotopic (exact) mass is 431 g/mol. The number of allylic oxidation sites excluding steroid dienone is 2. The largest absolute Gasteiger partial charge is 0.504 e. The van der Waals surface area contributed by atoms with Gasteiger partial charge in [0.15, 0.2) is 5.75 Å². The smallest absolute Gasteiger partial charge is 0.290 e. The molecule has 2 atom stereocenters. The first-order valence-corrected chi connectivity index (χ1v) is 9.40. The van der Waals surface area contributed by atoms with Gasteiger partial charge in [0.1, 0.15) is 11.8 Å². The van der Waals surface area contributed by atoms with Gasteiger partial charge >= 0.3 is 0 Å². The summed E-state index contributed by atoms with van der Waals surface area (Å²) in [6, 6.07) is 0. The van der Waals surface area contributed by atoms with Gasteiger partial charge in [-0.25, -0.2) is 0 Å². The number of anilines is 1. The number of aliphatic imine (C=N–C) groups is 1. The predicted molar refractivity (Wildman–Crippen MR) is 106 cm³/mol. The summed E-state index contributed by atoms with van der Waals surface area (Å²) in [5.41, 5.74) is 3.12. The first-order chi connectivity index (χ1) is 13.0. The number of aromatic hydroxyl groups is 1. The molecule has 1 unspecified atom stereocenters. The van der Waals surface area contributed by atoms with E-state index in [1.165, 1.54) is 0 Å². The van der Waals surface area contributed by atoms with Gasteiger partial charge in [-0.15, -0.1) is 0 Å². The molecule has 140 valence electrons. The van der Waals surface area contributed by atoms with E-state index >= 15 is 0 Å². The molecule has 1 spiro atoms. The second-order valence-electron chi connectivity index (χ2n) is 6.74. The van der Waals surface area contributed by atoms with Crippen molar-refractivity contribution in [1.82, 2.24) is 0 Å². The van der Waals surface area contributed by atoms with E-state index in [9.17, 15) is 10.2 Å². The quantitative estimate of drug-likeness (QED) is 0.280. The van der Waals surface area contributed by atoms with Crippen LogP contribution in [-0.2, 0) is 10.2 Å². The number of phenolic OH excluding ortho intramolecular Hbond substituents is 1. The highest BCUT2D eigenvalue weighted by Crippen LogP contribution is 2.47. The molecule has 0 radical (unpaired) electrons. The lowest BCUT2D eigenvalue weighted by Gasteiger charge is -2.38. The summed E-state index contributed by atoms with van der Waals surface area (Å²) in [6.07, 6.45) is 8.85. The SMILES string of the molecule is O=CO.Oc1c2c(c3c4c1N=CC=4CCN=3)[C@@]1(C=CC(O)C(Br)=C1)CCN2. The van der Waals surface area contributed by atoms with E-state index in [0.717, 1.165) is 57.8 Å². The van der Waals surface area contributed by atoms with E-state index in [1.54, 1.807) is 6.08 Å². The number of fused-ring (bicyclic) bond motifs is 3. The molecule has 7 nitrogen and oxygen atoms in total. The Morgan fingerprint density at radius 3 is 2.93 bits per heavy atom. The lowest BCUT2D eigenvalue weighted by Crippen LogP contribution is -2.44. The number of halogens is 1. The first-order valence-electron chi connectivity index (χ1n) is 8.61. The Morgan fingerprint density at radius 2 is 2.19 bits per heavy atom. The van der Waals surface area contributed by atoms with Gasteiger partial charge in [-0.2, -0.15) is 0 Å². The molecule has 1 aromatic rings. The third kappa shape index (κ3) is 2.62. The van der Waals surface area contributed by atoms with Crippen LogP contribution in [0, 0.1) is 0 Å². The van der Waals surface area contributed by atoms with Crippen LogP contribution in [0.4, 0.5) is 11.4 Å². The molecule has 8 heteroatoms. The highest BCUT2D eigenvalue weighted by Gasteiger charge is 2.40. The molecule has 0 saturated carbocycles. The van der Waals surface area contributed by atoms with Crippen molar-refractivity contribution in [3.8, 4) is 5.75 Å². The van der Waals surface area contributed by atoms with Crippen LogP contribution in [0.5, 0.6) is 5.75 Å². The number of rotatable bonds is 0. The van der Waals surface area contributed by atoms with Gasteiger partial charge in [-0.1, -0.05) is 34.2 Å². The number of carboxylic acid groups (broad SMARTS) is 1. The summed E-state index contributed by atoms with van der Waals surface area (Å²) in [4.78, 5) is 17.6. The van der Waals surface area contributed by atoms with Gasteiger partial charge in [0.05, 0.1) is 11.0 Å².